The van der Waals surface area contributed by atoms with Crippen LogP contribution in [-0.2, 0) is 26.5 Å². The summed E-state index contributed by atoms with van der Waals surface area (Å²) in [4.78, 5) is 27.9. The number of likely N-dealkylation sites (N-methyl/N-ethyl adjacent to an activating group) is 1. The summed E-state index contributed by atoms with van der Waals surface area (Å²) in [6.07, 6.45) is -0.235. The molecule has 3 aliphatic rings. The number of nitrogens with one attached hydrogen (secondary N) is 1. The molecule has 0 aliphatic carbocycles. The Morgan fingerprint density at radius 2 is 1.76 bits per heavy atom. The fourth-order valence-corrected chi connectivity index (χ4v) is 7.63. The van der Waals surface area contributed by atoms with Gasteiger partial charge in [0, 0.05) is 55.6 Å². The Bertz CT molecular complexity index is 1880. The Kier molecular flexibility index (Phi) is 4.17. The van der Waals surface area contributed by atoms with E-state index >= 15 is 0 Å². The second-order valence-corrected chi connectivity index (χ2v) is 10.9. The molecule has 2 amide bonds. The highest BCUT2D eigenvalue weighted by atomic mass is 16.6. The molecular weight excluding hydrogens is 480 g/mol. The number of fused-ring (bicyclic) bond motifs is 13. The fourth-order valence-electron chi connectivity index (χ4n) is 7.63. The molecule has 5 aromatic rings. The molecule has 5 heterocycles. The number of aromatic nitrogens is 2. The molecule has 38 heavy (non-hydrogen) atoms. The van der Waals surface area contributed by atoms with Crippen molar-refractivity contribution in [2.75, 3.05) is 14.2 Å². The van der Waals surface area contributed by atoms with Crippen molar-refractivity contribution >= 4 is 55.4 Å². The highest BCUT2D eigenvalue weighted by molar-refractivity contribution is 6.31. The quantitative estimate of drug-likeness (QED) is 0.378. The van der Waals surface area contributed by atoms with Gasteiger partial charge >= 0.3 is 0 Å². The fraction of sp³-hybridized carbons (Fsp3) is 0.333. The molecule has 192 valence electrons. The molecule has 0 spiro atoms. The van der Waals surface area contributed by atoms with E-state index in [1.54, 1.807) is 18.9 Å². The standard InChI is InChI=1S/C30H28N4O4/c1-15(35)32(3)21-13-22-33-19-11-7-5-9-16(19)24-25-18(14-31-29(25)36)23-17-10-6-8-12-20(17)34(27(23)26(24)33)30(2,38-22)28(21)37-4/h5-12,21-22,28H,13-14H2,1-4H3,(H,31,36)/t21-,22?,28-,30?/m0/s1. The van der Waals surface area contributed by atoms with Gasteiger partial charge in [-0.1, -0.05) is 36.4 Å². The van der Waals surface area contributed by atoms with E-state index in [1.165, 1.54) is 0 Å². The number of hydrogen-bond acceptors (Lipinski definition) is 4. The van der Waals surface area contributed by atoms with E-state index in [4.69, 9.17) is 9.47 Å². The van der Waals surface area contributed by atoms with E-state index in [0.29, 0.717) is 13.0 Å². The highest BCUT2D eigenvalue weighted by Crippen LogP contribution is 2.54. The predicted octanol–water partition coefficient (Wildman–Crippen LogP) is 4.61. The molecule has 3 aliphatic heterocycles. The van der Waals surface area contributed by atoms with Crippen molar-refractivity contribution in [1.29, 1.82) is 0 Å². The molecular formula is C30H28N4O4. The maximum absolute atomic E-state index is 13.4. The number of amides is 2. The van der Waals surface area contributed by atoms with Crippen LogP contribution in [0.5, 0.6) is 0 Å². The number of para-hydroxylation sites is 2. The largest absolute Gasteiger partial charge is 0.374 e. The molecule has 1 fully saturated rings. The normalized spacial score (nSPS) is 25.9. The van der Waals surface area contributed by atoms with Gasteiger partial charge in [-0.15, -0.1) is 0 Å². The van der Waals surface area contributed by atoms with E-state index in [9.17, 15) is 9.59 Å². The number of nitrogens with zero attached hydrogens (tertiary/aromatic N) is 3. The molecule has 1 saturated heterocycles. The van der Waals surface area contributed by atoms with Gasteiger partial charge in [0.1, 0.15) is 12.3 Å². The van der Waals surface area contributed by atoms with E-state index < -0.39 is 11.8 Å². The molecule has 8 rings (SSSR count). The van der Waals surface area contributed by atoms with Gasteiger partial charge in [-0.3, -0.25) is 9.59 Å². The van der Waals surface area contributed by atoms with Gasteiger partial charge in [0.15, 0.2) is 5.72 Å². The lowest BCUT2D eigenvalue weighted by Gasteiger charge is -2.50. The second-order valence-electron chi connectivity index (χ2n) is 10.9. The lowest BCUT2D eigenvalue weighted by Crippen LogP contribution is -2.61. The number of benzene rings is 3. The third-order valence-electron chi connectivity index (χ3n) is 9.19. The molecule has 1 N–H and O–H groups in total. The Morgan fingerprint density at radius 1 is 1.08 bits per heavy atom. The molecule has 0 saturated carbocycles. The van der Waals surface area contributed by atoms with Crippen LogP contribution in [0.3, 0.4) is 0 Å². The van der Waals surface area contributed by atoms with E-state index in [-0.39, 0.29) is 24.1 Å². The van der Waals surface area contributed by atoms with E-state index in [2.05, 4.69) is 45.6 Å². The minimum Gasteiger partial charge on any atom is -0.374 e. The zero-order chi connectivity index (χ0) is 26.1. The summed E-state index contributed by atoms with van der Waals surface area (Å²) < 4.78 is 17.9. The summed E-state index contributed by atoms with van der Waals surface area (Å²) in [6, 6.07) is 16.4. The molecule has 2 bridgehead atoms. The van der Waals surface area contributed by atoms with Crippen LogP contribution in [0.4, 0.5) is 0 Å². The lowest BCUT2D eigenvalue weighted by atomic mass is 9.91. The second kappa shape index (κ2) is 7.15. The summed E-state index contributed by atoms with van der Waals surface area (Å²) in [5.41, 5.74) is 4.95. The van der Waals surface area contributed by atoms with Gasteiger partial charge in [0.25, 0.3) is 5.91 Å². The summed E-state index contributed by atoms with van der Waals surface area (Å²) in [6.45, 7) is 4.16. The first-order valence-corrected chi connectivity index (χ1v) is 13.1. The number of carbonyl (C=O) groups is 2. The third-order valence-corrected chi connectivity index (χ3v) is 9.19. The van der Waals surface area contributed by atoms with Crippen molar-refractivity contribution in [3.63, 3.8) is 0 Å². The van der Waals surface area contributed by atoms with Crippen LogP contribution < -0.4 is 5.32 Å². The van der Waals surface area contributed by atoms with Gasteiger partial charge < -0.3 is 28.8 Å². The van der Waals surface area contributed by atoms with Crippen molar-refractivity contribution in [2.45, 2.75) is 50.9 Å². The minimum atomic E-state index is -0.926. The Balaban J connectivity index is 1.66. The Morgan fingerprint density at radius 3 is 2.47 bits per heavy atom. The molecule has 8 heteroatoms. The first-order chi connectivity index (χ1) is 18.4. The first-order valence-electron chi connectivity index (χ1n) is 13.1. The maximum atomic E-state index is 13.4. The number of ether oxygens (including phenoxy) is 2. The van der Waals surface area contributed by atoms with Crippen LogP contribution in [0, 0.1) is 0 Å². The molecule has 0 radical (unpaired) electrons. The van der Waals surface area contributed by atoms with Gasteiger partial charge in [0.2, 0.25) is 5.91 Å². The van der Waals surface area contributed by atoms with Crippen molar-refractivity contribution in [1.82, 2.24) is 19.4 Å². The van der Waals surface area contributed by atoms with Crippen molar-refractivity contribution in [3.8, 4) is 0 Å². The van der Waals surface area contributed by atoms with Gasteiger partial charge in [0.05, 0.1) is 33.7 Å². The highest BCUT2D eigenvalue weighted by Gasteiger charge is 2.54. The maximum Gasteiger partial charge on any atom is 0.252 e. The first kappa shape index (κ1) is 22.1. The topological polar surface area (TPSA) is 77.7 Å². The van der Waals surface area contributed by atoms with E-state index in [1.807, 2.05) is 31.3 Å². The Labute approximate surface area is 218 Å². The summed E-state index contributed by atoms with van der Waals surface area (Å²) >= 11 is 0. The average Bonchev–Trinajstić information content (AvgIpc) is 3.55. The SMILES string of the molecule is CO[C@H]1[C@@H](N(C)C(C)=O)CC2OC1(C)n1c3ccccc3c3c4c(c5c6ccccc6n2c5c31)C(=O)NC4. The van der Waals surface area contributed by atoms with Crippen molar-refractivity contribution < 1.29 is 19.1 Å². The average molecular weight is 509 g/mol. The van der Waals surface area contributed by atoms with Crippen LogP contribution in [0.15, 0.2) is 48.5 Å². The molecule has 8 nitrogen and oxygen atoms in total. The number of hydrogen-bond donors (Lipinski definition) is 1. The Hall–Kier alpha value is -3.88. The van der Waals surface area contributed by atoms with Gasteiger partial charge in [-0.2, -0.15) is 0 Å². The number of carbonyl (C=O) groups excluding carboxylic acids is 2. The molecule has 3 aromatic carbocycles. The minimum absolute atomic E-state index is 0.0162. The van der Waals surface area contributed by atoms with Crippen LogP contribution in [0.25, 0.3) is 43.6 Å². The summed E-state index contributed by atoms with van der Waals surface area (Å²) in [7, 11) is 3.54. The number of rotatable bonds is 2. The van der Waals surface area contributed by atoms with Gasteiger partial charge in [-0.05, 0) is 24.6 Å². The predicted molar refractivity (Wildman–Crippen MR) is 145 cm³/mol. The van der Waals surface area contributed by atoms with Crippen LogP contribution in [0.1, 0.15) is 42.4 Å². The molecule has 2 aromatic heterocycles. The third kappa shape index (κ3) is 2.39. The lowest BCUT2D eigenvalue weighted by molar-refractivity contribution is -0.266. The smallest absolute Gasteiger partial charge is 0.252 e. The molecule has 2 unspecified atom stereocenters. The monoisotopic (exact) mass is 508 g/mol. The molecule has 4 atom stereocenters. The number of methoxy groups -OCH3 is 1. The summed E-state index contributed by atoms with van der Waals surface area (Å²) in [5.74, 6) is -0.0533. The van der Waals surface area contributed by atoms with Crippen LogP contribution in [-0.4, -0.2) is 52.2 Å². The van der Waals surface area contributed by atoms with Crippen LogP contribution in [0.2, 0.25) is 0 Å². The van der Waals surface area contributed by atoms with Gasteiger partial charge in [-0.25, -0.2) is 0 Å². The zero-order valence-corrected chi connectivity index (χ0v) is 21.7. The van der Waals surface area contributed by atoms with E-state index in [0.717, 1.165) is 54.7 Å². The van der Waals surface area contributed by atoms with Crippen molar-refractivity contribution in [2.24, 2.45) is 0 Å². The summed E-state index contributed by atoms with van der Waals surface area (Å²) in [5, 5.41) is 7.27. The van der Waals surface area contributed by atoms with Crippen LogP contribution >= 0.6 is 0 Å². The zero-order valence-electron chi connectivity index (χ0n) is 21.7. The van der Waals surface area contributed by atoms with Crippen molar-refractivity contribution in [3.05, 3.63) is 59.7 Å².